The van der Waals surface area contributed by atoms with Crippen molar-refractivity contribution < 1.29 is 18.7 Å². The molecule has 3 N–H and O–H groups in total. The number of guanidine groups is 1. The summed E-state index contributed by atoms with van der Waals surface area (Å²) in [6, 6.07) is 14.0. The molecule has 0 aliphatic heterocycles. The van der Waals surface area contributed by atoms with Crippen LogP contribution in [0.3, 0.4) is 0 Å². The molecule has 0 heterocycles. The Bertz CT molecular complexity index is 902. The molecule has 0 aromatic heterocycles. The molecule has 7 nitrogen and oxygen atoms in total. The van der Waals surface area contributed by atoms with Crippen molar-refractivity contribution in [1.29, 1.82) is 0 Å². The van der Waals surface area contributed by atoms with E-state index in [1.807, 2.05) is 31.2 Å². The van der Waals surface area contributed by atoms with Gasteiger partial charge in [-0.3, -0.25) is 9.79 Å². The van der Waals surface area contributed by atoms with Gasteiger partial charge in [0.15, 0.2) is 12.6 Å². The van der Waals surface area contributed by atoms with Crippen LogP contribution in [0.2, 0.25) is 0 Å². The Balaban J connectivity index is 1.40. The number of ether oxygens (including phenoxy) is 2. The molecule has 1 aliphatic carbocycles. The quantitative estimate of drug-likeness (QED) is 0.400. The van der Waals surface area contributed by atoms with E-state index < -0.39 is 0 Å². The number of aliphatic imine (C=N–C) groups is 1. The van der Waals surface area contributed by atoms with Gasteiger partial charge in [0.25, 0.3) is 5.91 Å². The number of hydrogen-bond donors (Lipinski definition) is 3. The summed E-state index contributed by atoms with van der Waals surface area (Å²) < 4.78 is 24.6. The van der Waals surface area contributed by atoms with Crippen molar-refractivity contribution in [3.63, 3.8) is 0 Å². The van der Waals surface area contributed by atoms with Crippen LogP contribution in [0.15, 0.2) is 53.5 Å². The number of amides is 1. The van der Waals surface area contributed by atoms with Gasteiger partial charge in [0.05, 0.1) is 6.54 Å². The van der Waals surface area contributed by atoms with E-state index in [2.05, 4.69) is 20.9 Å². The first kappa shape index (κ1) is 22.4. The second kappa shape index (κ2) is 11.2. The van der Waals surface area contributed by atoms with Crippen LogP contribution in [-0.4, -0.2) is 44.2 Å². The van der Waals surface area contributed by atoms with Crippen molar-refractivity contribution in [3.8, 4) is 11.5 Å². The van der Waals surface area contributed by atoms with Crippen LogP contribution < -0.4 is 25.4 Å². The van der Waals surface area contributed by atoms with Gasteiger partial charge in [-0.25, -0.2) is 4.39 Å². The molecule has 31 heavy (non-hydrogen) atoms. The Kier molecular flexibility index (Phi) is 8.09. The lowest BCUT2D eigenvalue weighted by molar-refractivity contribution is -0.123. The van der Waals surface area contributed by atoms with Crippen molar-refractivity contribution in [1.82, 2.24) is 16.0 Å². The lowest BCUT2D eigenvalue weighted by Gasteiger charge is -2.18. The van der Waals surface area contributed by atoms with Crippen LogP contribution in [-0.2, 0) is 11.3 Å². The van der Waals surface area contributed by atoms with E-state index in [-0.39, 0.29) is 24.4 Å². The number of hydrogen-bond acceptors (Lipinski definition) is 4. The topological polar surface area (TPSA) is 84.0 Å². The normalized spacial score (nSPS) is 14.5. The summed E-state index contributed by atoms with van der Waals surface area (Å²) in [4.78, 5) is 16.0. The van der Waals surface area contributed by atoms with Crippen molar-refractivity contribution in [2.75, 3.05) is 20.2 Å². The smallest absolute Gasteiger partial charge is 0.258 e. The third-order valence-corrected chi connectivity index (χ3v) is 4.58. The van der Waals surface area contributed by atoms with Crippen molar-refractivity contribution >= 4 is 11.9 Å². The summed E-state index contributed by atoms with van der Waals surface area (Å²) in [5, 5.41) is 9.32. The molecule has 8 heteroatoms. The van der Waals surface area contributed by atoms with Crippen molar-refractivity contribution in [2.24, 2.45) is 4.99 Å². The van der Waals surface area contributed by atoms with Crippen LogP contribution in [0.25, 0.3) is 0 Å². The minimum absolute atomic E-state index is 0.0137. The highest BCUT2D eigenvalue weighted by molar-refractivity contribution is 5.79. The van der Waals surface area contributed by atoms with Gasteiger partial charge in [-0.1, -0.05) is 18.2 Å². The van der Waals surface area contributed by atoms with E-state index in [4.69, 9.17) is 9.47 Å². The fraction of sp³-hybridized carbons (Fsp3) is 0.391. The molecule has 1 fully saturated rings. The van der Waals surface area contributed by atoms with Gasteiger partial charge in [-0.2, -0.15) is 0 Å². The molecular weight excluding hydrogens is 399 g/mol. The van der Waals surface area contributed by atoms with Gasteiger partial charge >= 0.3 is 0 Å². The van der Waals surface area contributed by atoms with Gasteiger partial charge in [-0.05, 0) is 49.6 Å². The average Bonchev–Trinajstić information content (AvgIpc) is 3.57. The lowest BCUT2D eigenvalue weighted by atomic mass is 10.2. The minimum atomic E-state index is -0.329. The number of rotatable bonds is 10. The second-order valence-corrected chi connectivity index (χ2v) is 7.47. The summed E-state index contributed by atoms with van der Waals surface area (Å²) >= 11 is 0. The van der Waals surface area contributed by atoms with Gasteiger partial charge in [0, 0.05) is 25.7 Å². The number of nitrogens with zero attached hydrogens (tertiary/aromatic N) is 1. The third kappa shape index (κ3) is 8.16. The number of halogens is 1. The molecule has 2 aromatic rings. The molecule has 1 aliphatic rings. The van der Waals surface area contributed by atoms with Crippen LogP contribution in [0, 0.1) is 5.82 Å². The largest absolute Gasteiger partial charge is 0.489 e. The van der Waals surface area contributed by atoms with Crippen LogP contribution in [0.4, 0.5) is 4.39 Å². The molecule has 3 rings (SSSR count). The van der Waals surface area contributed by atoms with Gasteiger partial charge in [-0.15, -0.1) is 0 Å². The average molecular weight is 429 g/mol. The number of carbonyl (C=O) groups excluding carboxylic acids is 1. The van der Waals surface area contributed by atoms with Crippen LogP contribution in [0.1, 0.15) is 25.3 Å². The third-order valence-electron chi connectivity index (χ3n) is 4.58. The van der Waals surface area contributed by atoms with E-state index in [1.165, 1.54) is 12.1 Å². The highest BCUT2D eigenvalue weighted by Gasteiger charge is 2.23. The molecular formula is C23H29FN4O3. The van der Waals surface area contributed by atoms with Crippen LogP contribution in [0.5, 0.6) is 11.5 Å². The first-order chi connectivity index (χ1) is 15.0. The minimum Gasteiger partial charge on any atom is -0.489 e. The zero-order valence-electron chi connectivity index (χ0n) is 17.9. The molecule has 1 unspecified atom stereocenters. The Morgan fingerprint density at radius 1 is 1.16 bits per heavy atom. The summed E-state index contributed by atoms with van der Waals surface area (Å²) in [5.74, 6) is 1.32. The fourth-order valence-electron chi connectivity index (χ4n) is 2.85. The predicted octanol–water partition coefficient (Wildman–Crippen LogP) is 2.62. The second-order valence-electron chi connectivity index (χ2n) is 7.47. The molecule has 166 valence electrons. The summed E-state index contributed by atoms with van der Waals surface area (Å²) in [7, 11) is 1.69. The summed E-state index contributed by atoms with van der Waals surface area (Å²) in [6.07, 6.45) is 1.93. The molecule has 2 aromatic carbocycles. The number of nitrogens with one attached hydrogen (secondary N) is 3. The molecule has 1 saturated carbocycles. The van der Waals surface area contributed by atoms with E-state index in [1.54, 1.807) is 19.2 Å². The van der Waals surface area contributed by atoms with Gasteiger partial charge < -0.3 is 25.4 Å². The Hall–Kier alpha value is -3.29. The Morgan fingerprint density at radius 2 is 1.94 bits per heavy atom. The maximum absolute atomic E-state index is 13.3. The maximum atomic E-state index is 13.3. The first-order valence-corrected chi connectivity index (χ1v) is 10.4. The number of benzene rings is 2. The number of carbonyl (C=O) groups is 1. The Morgan fingerprint density at radius 3 is 2.68 bits per heavy atom. The predicted molar refractivity (Wildman–Crippen MR) is 118 cm³/mol. The zero-order chi connectivity index (χ0) is 22.1. The highest BCUT2D eigenvalue weighted by atomic mass is 19.1. The zero-order valence-corrected chi connectivity index (χ0v) is 17.9. The van der Waals surface area contributed by atoms with E-state index in [0.29, 0.717) is 36.6 Å². The molecule has 0 bridgehead atoms. The van der Waals surface area contributed by atoms with E-state index in [0.717, 1.165) is 18.4 Å². The summed E-state index contributed by atoms with van der Waals surface area (Å²) in [5.41, 5.74) is 0.993. The summed E-state index contributed by atoms with van der Waals surface area (Å²) in [6.45, 7) is 2.94. The Labute approximate surface area is 182 Å². The lowest BCUT2D eigenvalue weighted by Crippen LogP contribution is -2.41. The first-order valence-electron chi connectivity index (χ1n) is 10.4. The molecule has 1 amide bonds. The monoisotopic (exact) mass is 428 g/mol. The molecule has 0 saturated heterocycles. The maximum Gasteiger partial charge on any atom is 0.258 e. The van der Waals surface area contributed by atoms with Gasteiger partial charge in [0.2, 0.25) is 0 Å². The molecule has 1 atom stereocenters. The van der Waals surface area contributed by atoms with E-state index >= 15 is 0 Å². The van der Waals surface area contributed by atoms with Crippen LogP contribution >= 0.6 is 0 Å². The van der Waals surface area contributed by atoms with Crippen molar-refractivity contribution in [3.05, 3.63) is 59.9 Å². The molecule has 0 radical (unpaired) electrons. The molecule has 0 spiro atoms. The standard InChI is InChI=1S/C23H29FN4O3/c1-16(31-21-8-4-6-18(24)12-21)13-26-23(25-2)27-14-17-5-3-7-20(11-17)30-15-22(29)28-19-9-10-19/h3-8,11-12,16,19H,9-10,13-15H2,1-2H3,(H,28,29)(H2,25,26,27). The fourth-order valence-corrected chi connectivity index (χ4v) is 2.85. The van der Waals surface area contributed by atoms with Crippen molar-refractivity contribution in [2.45, 2.75) is 38.5 Å². The van der Waals surface area contributed by atoms with Gasteiger partial charge in [0.1, 0.15) is 23.4 Å². The van der Waals surface area contributed by atoms with E-state index in [9.17, 15) is 9.18 Å². The highest BCUT2D eigenvalue weighted by Crippen LogP contribution is 2.18. The SMILES string of the molecule is CN=C(NCc1cccc(OCC(=O)NC2CC2)c1)NCC(C)Oc1cccc(F)c1.